The van der Waals surface area contributed by atoms with Crippen LogP contribution in [-0.4, -0.2) is 33.1 Å². The minimum Gasteiger partial charge on any atom is -0.448 e. The maximum atomic E-state index is 12.3. The molecule has 3 rings (SSSR count). The quantitative estimate of drug-likeness (QED) is 0.327. The van der Waals surface area contributed by atoms with Crippen LogP contribution in [-0.2, 0) is 9.53 Å². The van der Waals surface area contributed by atoms with Crippen molar-refractivity contribution in [1.29, 1.82) is 0 Å². The molecule has 0 spiro atoms. The van der Waals surface area contributed by atoms with Crippen molar-refractivity contribution in [2.75, 3.05) is 5.32 Å². The van der Waals surface area contributed by atoms with Crippen molar-refractivity contribution >= 4 is 39.2 Å². The maximum absolute atomic E-state index is 12.3. The second kappa shape index (κ2) is 8.65. The van der Waals surface area contributed by atoms with Crippen molar-refractivity contribution in [3.05, 3.63) is 74.9 Å². The third kappa shape index (κ3) is 5.05. The normalized spacial score (nSPS) is 11.5. The summed E-state index contributed by atoms with van der Waals surface area (Å²) >= 11 is 3.35. The van der Waals surface area contributed by atoms with Gasteiger partial charge in [-0.15, -0.1) is 0 Å². The lowest BCUT2D eigenvalue weighted by Crippen LogP contribution is -2.30. The number of non-ortho nitro benzene ring substituents is 1. The van der Waals surface area contributed by atoms with Gasteiger partial charge in [-0.2, -0.15) is 5.10 Å². The summed E-state index contributed by atoms with van der Waals surface area (Å²) < 4.78 is 6.07. The topological polar surface area (TPSA) is 127 Å². The molecule has 3 aromatic rings. The highest BCUT2D eigenvalue weighted by molar-refractivity contribution is 9.10. The molecule has 0 bridgehead atoms. The number of aromatic amines is 1. The molecule has 1 unspecified atom stereocenters. The summed E-state index contributed by atoms with van der Waals surface area (Å²) in [5.41, 5.74) is 1.52. The van der Waals surface area contributed by atoms with Crippen LogP contribution in [0.25, 0.3) is 11.3 Å². The second-order valence-electron chi connectivity index (χ2n) is 6.02. The van der Waals surface area contributed by atoms with Crippen LogP contribution in [0, 0.1) is 10.1 Å². The number of nitrogens with zero attached hydrogens (tertiary/aromatic N) is 2. The minimum absolute atomic E-state index is 0.0953. The van der Waals surface area contributed by atoms with Crippen molar-refractivity contribution in [3.8, 4) is 11.3 Å². The first kappa shape index (κ1) is 20.2. The Bertz CT molecular complexity index is 1060. The number of hydrogen-bond acceptors (Lipinski definition) is 6. The zero-order valence-corrected chi connectivity index (χ0v) is 16.7. The summed E-state index contributed by atoms with van der Waals surface area (Å²) in [4.78, 5) is 34.8. The van der Waals surface area contributed by atoms with E-state index in [4.69, 9.17) is 4.74 Å². The van der Waals surface area contributed by atoms with Gasteiger partial charge in [0.25, 0.3) is 11.6 Å². The fourth-order valence-electron chi connectivity index (χ4n) is 2.41. The largest absolute Gasteiger partial charge is 0.448 e. The third-order valence-electron chi connectivity index (χ3n) is 3.92. The smallest absolute Gasteiger partial charge is 0.357 e. The molecule has 10 heteroatoms. The van der Waals surface area contributed by atoms with E-state index >= 15 is 0 Å². The minimum atomic E-state index is -1.12. The molecule has 0 fully saturated rings. The molecule has 0 aliphatic rings. The number of aromatic nitrogens is 2. The Morgan fingerprint density at radius 1 is 1.21 bits per heavy atom. The molecule has 0 radical (unpaired) electrons. The molecule has 0 aliphatic heterocycles. The van der Waals surface area contributed by atoms with Crippen molar-refractivity contribution in [2.24, 2.45) is 0 Å². The van der Waals surface area contributed by atoms with Crippen molar-refractivity contribution < 1.29 is 19.2 Å². The molecule has 29 heavy (non-hydrogen) atoms. The molecule has 2 N–H and O–H groups in total. The Balaban J connectivity index is 1.63. The molecule has 148 valence electrons. The van der Waals surface area contributed by atoms with E-state index < -0.39 is 22.9 Å². The molecule has 0 saturated carbocycles. The molecule has 1 heterocycles. The van der Waals surface area contributed by atoms with E-state index in [-0.39, 0.29) is 17.1 Å². The third-order valence-corrected chi connectivity index (χ3v) is 4.44. The zero-order chi connectivity index (χ0) is 21.0. The number of esters is 1. The lowest BCUT2D eigenvalue weighted by atomic mass is 10.1. The number of benzene rings is 2. The van der Waals surface area contributed by atoms with Gasteiger partial charge < -0.3 is 10.1 Å². The van der Waals surface area contributed by atoms with Gasteiger partial charge in [-0.25, -0.2) is 4.79 Å². The van der Waals surface area contributed by atoms with Gasteiger partial charge in [0.1, 0.15) is 5.69 Å². The Kier molecular flexibility index (Phi) is 6.03. The molecule has 1 atom stereocenters. The highest BCUT2D eigenvalue weighted by Crippen LogP contribution is 2.21. The molecule has 1 aromatic heterocycles. The van der Waals surface area contributed by atoms with Crippen LogP contribution in [0.4, 0.5) is 11.4 Å². The van der Waals surface area contributed by atoms with Crippen molar-refractivity contribution in [1.82, 2.24) is 10.2 Å². The first-order valence-electron chi connectivity index (χ1n) is 8.41. The van der Waals surface area contributed by atoms with E-state index in [9.17, 15) is 19.7 Å². The van der Waals surface area contributed by atoms with Crippen LogP contribution < -0.4 is 5.32 Å². The number of hydrogen-bond donors (Lipinski definition) is 2. The molecule has 0 aliphatic carbocycles. The molecular weight excluding hydrogens is 444 g/mol. The number of carbonyl (C=O) groups is 2. The van der Waals surface area contributed by atoms with Crippen LogP contribution in [0.15, 0.2) is 59.1 Å². The molecule has 2 aromatic carbocycles. The van der Waals surface area contributed by atoms with Gasteiger partial charge in [0.15, 0.2) is 6.10 Å². The summed E-state index contributed by atoms with van der Waals surface area (Å²) in [6, 6.07) is 14.4. The standard InChI is InChI=1S/C19H15BrN4O5/c1-11(18(25)21-14-3-2-4-15(9-14)24(27)28)29-19(26)17-10-16(22-23-17)12-5-7-13(20)8-6-12/h2-11H,1H3,(H,21,25)(H,22,23). The number of rotatable bonds is 6. The first-order valence-corrected chi connectivity index (χ1v) is 9.20. The van der Waals surface area contributed by atoms with E-state index in [1.165, 1.54) is 37.3 Å². The summed E-state index contributed by atoms with van der Waals surface area (Å²) in [7, 11) is 0. The number of amides is 1. The van der Waals surface area contributed by atoms with E-state index in [0.717, 1.165) is 10.0 Å². The van der Waals surface area contributed by atoms with Gasteiger partial charge in [0, 0.05) is 27.9 Å². The van der Waals surface area contributed by atoms with Gasteiger partial charge in [-0.05, 0) is 31.2 Å². The summed E-state index contributed by atoms with van der Waals surface area (Å²) in [5, 5.41) is 20.0. The van der Waals surface area contributed by atoms with Crippen LogP contribution in [0.2, 0.25) is 0 Å². The second-order valence-corrected chi connectivity index (χ2v) is 6.93. The number of carbonyl (C=O) groups excluding carboxylic acids is 2. The number of anilines is 1. The van der Waals surface area contributed by atoms with Crippen molar-refractivity contribution in [3.63, 3.8) is 0 Å². The number of nitro groups is 1. The maximum Gasteiger partial charge on any atom is 0.357 e. The lowest BCUT2D eigenvalue weighted by Gasteiger charge is -2.12. The highest BCUT2D eigenvalue weighted by Gasteiger charge is 2.21. The predicted octanol–water partition coefficient (Wildman–Crippen LogP) is 3.93. The van der Waals surface area contributed by atoms with Crippen molar-refractivity contribution in [2.45, 2.75) is 13.0 Å². The van der Waals surface area contributed by atoms with Crippen LogP contribution in [0.1, 0.15) is 17.4 Å². The fraction of sp³-hybridized carbons (Fsp3) is 0.105. The number of nitrogens with one attached hydrogen (secondary N) is 2. The van der Waals surface area contributed by atoms with Crippen LogP contribution in [0.3, 0.4) is 0 Å². The Morgan fingerprint density at radius 3 is 2.62 bits per heavy atom. The molecule has 9 nitrogen and oxygen atoms in total. The monoisotopic (exact) mass is 458 g/mol. The Hall–Kier alpha value is -3.53. The van der Waals surface area contributed by atoms with Crippen LogP contribution >= 0.6 is 15.9 Å². The summed E-state index contributed by atoms with van der Waals surface area (Å²) in [5.74, 6) is -1.37. The fourth-order valence-corrected chi connectivity index (χ4v) is 2.68. The SMILES string of the molecule is CC(OC(=O)c1cc(-c2ccc(Br)cc2)n[nH]1)C(=O)Nc1cccc([N+](=O)[O-])c1. The van der Waals surface area contributed by atoms with E-state index in [2.05, 4.69) is 31.4 Å². The lowest BCUT2D eigenvalue weighted by molar-refractivity contribution is -0.384. The van der Waals surface area contributed by atoms with Gasteiger partial charge >= 0.3 is 5.97 Å². The summed E-state index contributed by atoms with van der Waals surface area (Å²) in [6.45, 7) is 1.40. The van der Waals surface area contributed by atoms with E-state index in [0.29, 0.717) is 5.69 Å². The summed E-state index contributed by atoms with van der Waals surface area (Å²) in [6.07, 6.45) is -1.12. The molecule has 0 saturated heterocycles. The Labute approximate surface area is 173 Å². The average molecular weight is 459 g/mol. The predicted molar refractivity (Wildman–Crippen MR) is 108 cm³/mol. The number of H-pyrrole nitrogens is 1. The van der Waals surface area contributed by atoms with Gasteiger partial charge in [0.05, 0.1) is 10.6 Å². The number of nitro benzene ring substituents is 1. The highest BCUT2D eigenvalue weighted by atomic mass is 79.9. The van der Waals surface area contributed by atoms with Gasteiger partial charge in [-0.3, -0.25) is 20.0 Å². The number of halogens is 1. The molecule has 1 amide bonds. The Morgan fingerprint density at radius 2 is 1.93 bits per heavy atom. The van der Waals surface area contributed by atoms with E-state index in [1.807, 2.05) is 24.3 Å². The van der Waals surface area contributed by atoms with Crippen LogP contribution in [0.5, 0.6) is 0 Å². The zero-order valence-electron chi connectivity index (χ0n) is 15.1. The van der Waals surface area contributed by atoms with Gasteiger partial charge in [0.2, 0.25) is 0 Å². The van der Waals surface area contributed by atoms with E-state index in [1.54, 1.807) is 0 Å². The average Bonchev–Trinajstić information content (AvgIpc) is 3.19. The first-order chi connectivity index (χ1) is 13.8. The molecular formula is C19H15BrN4O5. The van der Waals surface area contributed by atoms with Gasteiger partial charge in [-0.1, -0.05) is 34.1 Å². The number of ether oxygens (including phenoxy) is 1.